The lowest BCUT2D eigenvalue weighted by Crippen LogP contribution is -2.19. The van der Waals surface area contributed by atoms with Gasteiger partial charge in [-0.2, -0.15) is 0 Å². The number of rotatable bonds is 4. The van der Waals surface area contributed by atoms with Gasteiger partial charge in [-0.15, -0.1) is 5.10 Å². The van der Waals surface area contributed by atoms with E-state index >= 15 is 0 Å². The van der Waals surface area contributed by atoms with E-state index in [9.17, 15) is 9.18 Å². The lowest BCUT2D eigenvalue weighted by Gasteiger charge is -2.04. The Hall–Kier alpha value is -3.02. The number of benzene rings is 2. The van der Waals surface area contributed by atoms with Crippen molar-refractivity contribution < 1.29 is 9.18 Å². The van der Waals surface area contributed by atoms with Crippen LogP contribution < -0.4 is 5.32 Å². The summed E-state index contributed by atoms with van der Waals surface area (Å²) in [5, 5.41) is 10.6. The zero-order valence-electron chi connectivity index (χ0n) is 11.6. The van der Waals surface area contributed by atoms with E-state index in [2.05, 4.69) is 15.6 Å². The summed E-state index contributed by atoms with van der Waals surface area (Å²) in [5.74, 6) is -0.546. The summed E-state index contributed by atoms with van der Waals surface area (Å²) in [5.41, 5.74) is 1.86. The van der Waals surface area contributed by atoms with Crippen molar-refractivity contribution in [3.63, 3.8) is 0 Å². The maximum atomic E-state index is 13.2. The van der Waals surface area contributed by atoms with Crippen LogP contribution in [0, 0.1) is 5.82 Å². The van der Waals surface area contributed by atoms with Crippen LogP contribution in [-0.4, -0.2) is 20.9 Å². The van der Waals surface area contributed by atoms with Gasteiger partial charge in [0.2, 0.25) is 5.91 Å². The molecule has 0 bridgehead atoms. The third kappa shape index (κ3) is 3.35. The van der Waals surface area contributed by atoms with Crippen LogP contribution in [0.5, 0.6) is 0 Å². The maximum Gasteiger partial charge on any atom is 0.246 e. The quantitative estimate of drug-likeness (QED) is 0.805. The molecule has 0 unspecified atom stereocenters. The number of hydrogen-bond acceptors (Lipinski definition) is 3. The summed E-state index contributed by atoms with van der Waals surface area (Å²) < 4.78 is 14.6. The van der Waals surface area contributed by atoms with Crippen LogP contribution >= 0.6 is 0 Å². The largest absolute Gasteiger partial charge is 0.324 e. The topological polar surface area (TPSA) is 59.8 Å². The Bertz CT molecular complexity index is 786. The fourth-order valence-electron chi connectivity index (χ4n) is 2.02. The van der Waals surface area contributed by atoms with Crippen LogP contribution in [0.4, 0.5) is 10.1 Å². The number of amides is 1. The van der Waals surface area contributed by atoms with E-state index in [0.717, 1.165) is 5.69 Å². The van der Waals surface area contributed by atoms with Gasteiger partial charge in [-0.1, -0.05) is 35.5 Å². The van der Waals surface area contributed by atoms with E-state index in [1.165, 1.54) is 16.8 Å². The summed E-state index contributed by atoms with van der Waals surface area (Å²) >= 11 is 0. The number of carbonyl (C=O) groups excluding carboxylic acids is 1. The van der Waals surface area contributed by atoms with Gasteiger partial charge in [0.05, 0.1) is 6.20 Å². The minimum atomic E-state index is -0.339. The predicted octanol–water partition coefficient (Wildman–Crippen LogP) is 2.72. The molecule has 2 aromatic carbocycles. The summed E-state index contributed by atoms with van der Waals surface area (Å²) in [6.45, 7) is 0.0389. The van der Waals surface area contributed by atoms with Crippen LogP contribution in [0.1, 0.15) is 0 Å². The van der Waals surface area contributed by atoms with Crippen molar-refractivity contribution in [3.05, 3.63) is 66.6 Å². The number of nitrogens with one attached hydrogen (secondary N) is 1. The van der Waals surface area contributed by atoms with Crippen molar-refractivity contribution in [2.75, 3.05) is 5.32 Å². The van der Waals surface area contributed by atoms with Crippen LogP contribution in [-0.2, 0) is 11.3 Å². The molecule has 0 aliphatic rings. The van der Waals surface area contributed by atoms with E-state index in [4.69, 9.17) is 0 Å². The number of nitrogens with zero attached hydrogens (tertiary/aromatic N) is 3. The van der Waals surface area contributed by atoms with E-state index in [1.54, 1.807) is 30.5 Å². The molecule has 0 saturated carbocycles. The van der Waals surface area contributed by atoms with Crippen molar-refractivity contribution in [3.8, 4) is 11.3 Å². The fourth-order valence-corrected chi connectivity index (χ4v) is 2.02. The first-order chi connectivity index (χ1) is 10.7. The van der Waals surface area contributed by atoms with Crippen molar-refractivity contribution in [2.24, 2.45) is 0 Å². The highest BCUT2D eigenvalue weighted by Gasteiger charge is 2.08. The molecule has 22 heavy (non-hydrogen) atoms. The second-order valence-corrected chi connectivity index (χ2v) is 4.73. The standard InChI is InChI=1S/C16H13FN4O/c17-13-6-4-5-12(9-13)15-10-21(20-19-15)11-16(22)18-14-7-2-1-3-8-14/h1-10H,11H2,(H,18,22). The van der Waals surface area contributed by atoms with E-state index in [-0.39, 0.29) is 18.3 Å². The molecule has 1 heterocycles. The van der Waals surface area contributed by atoms with E-state index in [0.29, 0.717) is 11.3 Å². The number of halogens is 1. The molecule has 6 heteroatoms. The smallest absolute Gasteiger partial charge is 0.246 e. The van der Waals surface area contributed by atoms with Crippen LogP contribution in [0.25, 0.3) is 11.3 Å². The van der Waals surface area contributed by atoms with Gasteiger partial charge in [0, 0.05) is 11.3 Å². The first-order valence-electron chi connectivity index (χ1n) is 6.72. The van der Waals surface area contributed by atoms with Crippen LogP contribution in [0.15, 0.2) is 60.8 Å². The van der Waals surface area contributed by atoms with Gasteiger partial charge >= 0.3 is 0 Å². The molecule has 110 valence electrons. The van der Waals surface area contributed by atoms with Crippen molar-refractivity contribution in [1.29, 1.82) is 0 Å². The Kier molecular flexibility index (Phi) is 3.91. The second kappa shape index (κ2) is 6.17. The lowest BCUT2D eigenvalue weighted by molar-refractivity contribution is -0.116. The monoisotopic (exact) mass is 296 g/mol. The van der Waals surface area contributed by atoms with Crippen LogP contribution in [0.2, 0.25) is 0 Å². The van der Waals surface area contributed by atoms with Gasteiger partial charge in [-0.25, -0.2) is 9.07 Å². The second-order valence-electron chi connectivity index (χ2n) is 4.73. The minimum Gasteiger partial charge on any atom is -0.324 e. The summed E-state index contributed by atoms with van der Waals surface area (Å²) in [6.07, 6.45) is 1.61. The van der Waals surface area contributed by atoms with Crippen molar-refractivity contribution >= 4 is 11.6 Å². The Morgan fingerprint density at radius 3 is 2.73 bits per heavy atom. The molecule has 3 aromatic rings. The molecule has 1 N–H and O–H groups in total. The molecule has 0 radical (unpaired) electrons. The summed E-state index contributed by atoms with van der Waals surface area (Å²) in [6, 6.07) is 15.2. The van der Waals surface area contributed by atoms with Crippen molar-refractivity contribution in [2.45, 2.75) is 6.54 Å². The number of para-hydroxylation sites is 1. The van der Waals surface area contributed by atoms with Crippen molar-refractivity contribution in [1.82, 2.24) is 15.0 Å². The molecule has 1 amide bonds. The average molecular weight is 296 g/mol. The normalized spacial score (nSPS) is 10.4. The highest BCUT2D eigenvalue weighted by atomic mass is 19.1. The van der Waals surface area contributed by atoms with Gasteiger partial charge in [-0.3, -0.25) is 4.79 Å². The molecule has 3 rings (SSSR count). The number of carbonyl (C=O) groups is 1. The average Bonchev–Trinajstić information content (AvgIpc) is 2.96. The van der Waals surface area contributed by atoms with Gasteiger partial charge in [0.15, 0.2) is 0 Å². The molecule has 0 spiro atoms. The minimum absolute atomic E-state index is 0.0389. The predicted molar refractivity (Wildman–Crippen MR) is 80.5 cm³/mol. The molecule has 5 nitrogen and oxygen atoms in total. The molecular formula is C16H13FN4O. The number of anilines is 1. The van der Waals surface area contributed by atoms with E-state index in [1.807, 2.05) is 18.2 Å². The number of aromatic nitrogens is 3. The van der Waals surface area contributed by atoms with Crippen LogP contribution in [0.3, 0.4) is 0 Å². The lowest BCUT2D eigenvalue weighted by atomic mass is 10.2. The highest BCUT2D eigenvalue weighted by molar-refractivity contribution is 5.90. The Morgan fingerprint density at radius 1 is 1.14 bits per heavy atom. The Morgan fingerprint density at radius 2 is 1.95 bits per heavy atom. The molecule has 0 aliphatic carbocycles. The number of hydrogen-bond donors (Lipinski definition) is 1. The third-order valence-corrected chi connectivity index (χ3v) is 3.02. The SMILES string of the molecule is O=C(Cn1cc(-c2cccc(F)c2)nn1)Nc1ccccc1. The summed E-state index contributed by atoms with van der Waals surface area (Å²) in [7, 11) is 0. The first-order valence-corrected chi connectivity index (χ1v) is 6.72. The molecule has 0 fully saturated rings. The molecular weight excluding hydrogens is 283 g/mol. The fraction of sp³-hybridized carbons (Fsp3) is 0.0625. The molecule has 1 aromatic heterocycles. The first kappa shape index (κ1) is 13.9. The third-order valence-electron chi connectivity index (χ3n) is 3.02. The Labute approximate surface area is 126 Å². The zero-order valence-corrected chi connectivity index (χ0v) is 11.6. The van der Waals surface area contributed by atoms with Gasteiger partial charge in [0.25, 0.3) is 0 Å². The van der Waals surface area contributed by atoms with Gasteiger partial charge in [0.1, 0.15) is 18.1 Å². The highest BCUT2D eigenvalue weighted by Crippen LogP contribution is 2.16. The van der Waals surface area contributed by atoms with E-state index < -0.39 is 0 Å². The van der Waals surface area contributed by atoms with Gasteiger partial charge < -0.3 is 5.32 Å². The molecule has 0 atom stereocenters. The Balaban J connectivity index is 1.68. The van der Waals surface area contributed by atoms with Gasteiger partial charge in [-0.05, 0) is 24.3 Å². The molecule has 0 saturated heterocycles. The summed E-state index contributed by atoms with van der Waals surface area (Å²) in [4.78, 5) is 11.9. The maximum absolute atomic E-state index is 13.2. The molecule has 0 aliphatic heterocycles. The zero-order chi connectivity index (χ0) is 15.4.